The van der Waals surface area contributed by atoms with Crippen molar-refractivity contribution in [3.63, 3.8) is 0 Å². The predicted octanol–water partition coefficient (Wildman–Crippen LogP) is 5.72. The minimum atomic E-state index is -0.159. The molecule has 26 heavy (non-hydrogen) atoms. The number of carbonyl (C=O) groups excluding carboxylic acids is 1. The number of hydrogen-bond donors (Lipinski definition) is 0. The van der Waals surface area contributed by atoms with E-state index in [1.807, 2.05) is 36.4 Å². The number of rotatable bonds is 3. The lowest BCUT2D eigenvalue weighted by atomic mass is 9.82. The average molecular weight is 349 g/mol. The van der Waals surface area contributed by atoms with Gasteiger partial charge in [-0.2, -0.15) is 0 Å². The largest absolute Gasteiger partial charge is 0.445 e. The van der Waals surface area contributed by atoms with Gasteiger partial charge < -0.3 is 4.74 Å². The Hall–Kier alpha value is -2.29. The molecule has 2 bridgehead atoms. The number of carbonyl (C=O) groups is 1. The van der Waals surface area contributed by atoms with E-state index in [4.69, 9.17) is 4.74 Å². The molecule has 4 rings (SSSR count). The van der Waals surface area contributed by atoms with Crippen LogP contribution in [0.1, 0.15) is 55.7 Å². The maximum absolute atomic E-state index is 13.1. The van der Waals surface area contributed by atoms with E-state index in [-0.39, 0.29) is 12.1 Å². The Morgan fingerprint density at radius 3 is 2.38 bits per heavy atom. The number of piperidine rings is 1. The van der Waals surface area contributed by atoms with Gasteiger partial charge in [0.25, 0.3) is 0 Å². The summed E-state index contributed by atoms with van der Waals surface area (Å²) in [5.74, 6) is 0.728. The summed E-state index contributed by atoms with van der Waals surface area (Å²) >= 11 is 0. The Labute approximate surface area is 156 Å². The second-order valence-electron chi connectivity index (χ2n) is 7.65. The van der Waals surface area contributed by atoms with Gasteiger partial charge in [-0.15, -0.1) is 0 Å². The van der Waals surface area contributed by atoms with Crippen molar-refractivity contribution in [2.45, 2.75) is 57.2 Å². The molecule has 1 aliphatic carbocycles. The summed E-state index contributed by atoms with van der Waals surface area (Å²) in [5.41, 5.74) is 2.27. The van der Waals surface area contributed by atoms with Crippen LogP contribution in [0.25, 0.3) is 0 Å². The van der Waals surface area contributed by atoms with Gasteiger partial charge in [0.15, 0.2) is 0 Å². The highest BCUT2D eigenvalue weighted by Crippen LogP contribution is 2.43. The van der Waals surface area contributed by atoms with Crippen molar-refractivity contribution in [3.05, 3.63) is 71.8 Å². The maximum Gasteiger partial charge on any atom is 0.410 e. The number of fused-ring (bicyclic) bond motifs is 2. The van der Waals surface area contributed by atoms with Gasteiger partial charge in [0.05, 0.1) is 6.04 Å². The second kappa shape index (κ2) is 7.94. The van der Waals surface area contributed by atoms with Crippen molar-refractivity contribution in [1.29, 1.82) is 0 Å². The summed E-state index contributed by atoms with van der Waals surface area (Å²) in [6.45, 7) is 0.341. The molecule has 0 spiro atoms. The minimum Gasteiger partial charge on any atom is -0.445 e. The van der Waals surface area contributed by atoms with Crippen molar-refractivity contribution in [2.24, 2.45) is 5.92 Å². The lowest BCUT2D eigenvalue weighted by Gasteiger charge is -2.44. The molecule has 2 fully saturated rings. The van der Waals surface area contributed by atoms with Crippen LogP contribution in [0.3, 0.4) is 0 Å². The fraction of sp³-hybridized carbons (Fsp3) is 0.435. The number of hydrogen-bond acceptors (Lipinski definition) is 2. The molecular formula is C23H27NO2. The van der Waals surface area contributed by atoms with E-state index in [9.17, 15) is 4.79 Å². The predicted molar refractivity (Wildman–Crippen MR) is 103 cm³/mol. The van der Waals surface area contributed by atoms with E-state index < -0.39 is 0 Å². The van der Waals surface area contributed by atoms with Crippen LogP contribution in [0.4, 0.5) is 4.79 Å². The van der Waals surface area contributed by atoms with E-state index >= 15 is 0 Å². The van der Waals surface area contributed by atoms with E-state index in [1.54, 1.807) is 0 Å². The third kappa shape index (κ3) is 3.77. The van der Waals surface area contributed by atoms with E-state index in [1.165, 1.54) is 24.8 Å². The fourth-order valence-electron chi connectivity index (χ4n) is 4.63. The molecule has 1 aliphatic heterocycles. The Bertz CT molecular complexity index is 716. The second-order valence-corrected chi connectivity index (χ2v) is 7.65. The molecule has 3 unspecified atom stereocenters. The SMILES string of the molecule is O=C(OCc1ccccc1)N1C2CCCCC(C2)CC1c1ccccc1. The zero-order valence-electron chi connectivity index (χ0n) is 15.2. The smallest absolute Gasteiger partial charge is 0.410 e. The van der Waals surface area contributed by atoms with Gasteiger partial charge in [0.2, 0.25) is 0 Å². The molecule has 1 saturated heterocycles. The van der Waals surface area contributed by atoms with Crippen LogP contribution in [-0.2, 0) is 11.3 Å². The summed E-state index contributed by atoms with van der Waals surface area (Å²) < 4.78 is 5.74. The average Bonchev–Trinajstić information content (AvgIpc) is 2.89. The van der Waals surface area contributed by atoms with Crippen LogP contribution in [0.15, 0.2) is 60.7 Å². The van der Waals surface area contributed by atoms with Gasteiger partial charge in [-0.25, -0.2) is 4.79 Å². The van der Waals surface area contributed by atoms with E-state index in [0.717, 1.165) is 30.7 Å². The summed E-state index contributed by atoms with van der Waals surface area (Å²) in [5, 5.41) is 0. The zero-order valence-corrected chi connectivity index (χ0v) is 15.2. The molecule has 2 aromatic rings. The molecule has 0 aromatic heterocycles. The highest BCUT2D eigenvalue weighted by Gasteiger charge is 2.40. The molecule has 0 radical (unpaired) electrons. The summed E-state index contributed by atoms with van der Waals surface area (Å²) in [6, 6.07) is 20.9. The van der Waals surface area contributed by atoms with Gasteiger partial charge >= 0.3 is 6.09 Å². The van der Waals surface area contributed by atoms with E-state index in [2.05, 4.69) is 29.2 Å². The van der Waals surface area contributed by atoms with Crippen molar-refractivity contribution in [3.8, 4) is 0 Å². The van der Waals surface area contributed by atoms with Gasteiger partial charge in [-0.05, 0) is 36.3 Å². The molecule has 1 saturated carbocycles. The van der Waals surface area contributed by atoms with Crippen LogP contribution >= 0.6 is 0 Å². The third-order valence-corrected chi connectivity index (χ3v) is 5.89. The highest BCUT2D eigenvalue weighted by atomic mass is 16.6. The van der Waals surface area contributed by atoms with Crippen LogP contribution in [0.5, 0.6) is 0 Å². The molecule has 2 aliphatic rings. The summed E-state index contributed by atoms with van der Waals surface area (Å²) in [7, 11) is 0. The summed E-state index contributed by atoms with van der Waals surface area (Å²) in [4.78, 5) is 15.1. The first-order valence-electron chi connectivity index (χ1n) is 9.85. The molecule has 1 amide bonds. The molecule has 0 N–H and O–H groups in total. The topological polar surface area (TPSA) is 29.5 Å². The molecule has 136 valence electrons. The first-order valence-corrected chi connectivity index (χ1v) is 9.85. The number of benzene rings is 2. The van der Waals surface area contributed by atoms with Gasteiger partial charge in [-0.3, -0.25) is 4.90 Å². The van der Waals surface area contributed by atoms with Crippen molar-refractivity contribution in [1.82, 2.24) is 4.90 Å². The van der Waals surface area contributed by atoms with Crippen molar-refractivity contribution < 1.29 is 9.53 Å². The molecule has 1 heterocycles. The van der Waals surface area contributed by atoms with Crippen LogP contribution in [0.2, 0.25) is 0 Å². The summed E-state index contributed by atoms with van der Waals surface area (Å²) in [6.07, 6.45) is 6.92. The van der Waals surface area contributed by atoms with Crippen LogP contribution < -0.4 is 0 Å². The normalized spacial score (nSPS) is 25.4. The lowest BCUT2D eigenvalue weighted by Crippen LogP contribution is -2.47. The Morgan fingerprint density at radius 1 is 0.923 bits per heavy atom. The first-order chi connectivity index (χ1) is 12.8. The molecule has 3 atom stereocenters. The fourth-order valence-corrected chi connectivity index (χ4v) is 4.63. The van der Waals surface area contributed by atoms with Crippen LogP contribution in [-0.4, -0.2) is 17.0 Å². The number of nitrogens with zero attached hydrogens (tertiary/aromatic N) is 1. The number of ether oxygens (including phenoxy) is 1. The zero-order chi connectivity index (χ0) is 17.8. The molecular weight excluding hydrogens is 322 g/mol. The Kier molecular flexibility index (Phi) is 5.24. The highest BCUT2D eigenvalue weighted by molar-refractivity contribution is 5.69. The van der Waals surface area contributed by atoms with Crippen molar-refractivity contribution in [2.75, 3.05) is 0 Å². The van der Waals surface area contributed by atoms with Gasteiger partial charge in [0, 0.05) is 6.04 Å². The van der Waals surface area contributed by atoms with Crippen LogP contribution in [0, 0.1) is 5.92 Å². The number of amides is 1. The minimum absolute atomic E-state index is 0.140. The third-order valence-electron chi connectivity index (χ3n) is 5.89. The van der Waals surface area contributed by atoms with E-state index in [0.29, 0.717) is 12.6 Å². The lowest BCUT2D eigenvalue weighted by molar-refractivity contribution is 0.0268. The monoisotopic (exact) mass is 349 g/mol. The maximum atomic E-state index is 13.1. The standard InChI is InChI=1S/C23H27NO2/c25-23(26-17-18-9-3-1-4-10-18)24-21-14-8-7-11-19(15-21)16-22(24)20-12-5-2-6-13-20/h1-6,9-10,12-13,19,21-22H,7-8,11,14-17H2. The van der Waals surface area contributed by atoms with Gasteiger partial charge in [0.1, 0.15) is 6.61 Å². The first kappa shape index (κ1) is 17.1. The molecule has 3 nitrogen and oxygen atoms in total. The quantitative estimate of drug-likeness (QED) is 0.709. The van der Waals surface area contributed by atoms with Crippen molar-refractivity contribution >= 4 is 6.09 Å². The molecule has 2 aromatic carbocycles. The Balaban J connectivity index is 1.55. The number of likely N-dealkylation sites (tertiary alicyclic amines) is 1. The van der Waals surface area contributed by atoms with Gasteiger partial charge in [-0.1, -0.05) is 79.9 Å². The molecule has 3 heteroatoms. The Morgan fingerprint density at radius 2 is 1.62 bits per heavy atom.